The van der Waals surface area contributed by atoms with Gasteiger partial charge >= 0.3 is 0 Å². The molecule has 7 heteroatoms. The molecule has 2 aromatic carbocycles. The highest BCUT2D eigenvalue weighted by Crippen LogP contribution is 2.22. The van der Waals surface area contributed by atoms with E-state index in [0.717, 1.165) is 5.56 Å². The standard InChI is InChI=1S/C22H26FNO4S/c1-16(2)18-5-3-17(4-6-18)13-24(20-11-12-29(26,27)15-20)22(25)14-28-21-9-7-19(23)8-10-21/h3-10,16,20H,11-15H2,1-2H3/t20-/m1/s1. The van der Waals surface area contributed by atoms with Crippen LogP contribution in [0.5, 0.6) is 5.75 Å². The van der Waals surface area contributed by atoms with Gasteiger partial charge in [0, 0.05) is 12.6 Å². The van der Waals surface area contributed by atoms with E-state index in [2.05, 4.69) is 13.8 Å². The van der Waals surface area contributed by atoms with Gasteiger partial charge in [0.25, 0.3) is 5.91 Å². The van der Waals surface area contributed by atoms with Gasteiger partial charge in [0.05, 0.1) is 11.5 Å². The number of sulfone groups is 1. The summed E-state index contributed by atoms with van der Waals surface area (Å²) in [5.74, 6) is 0.188. The Hall–Kier alpha value is -2.41. The third kappa shape index (κ3) is 5.79. The molecule has 0 spiro atoms. The summed E-state index contributed by atoms with van der Waals surface area (Å²) in [6, 6.07) is 13.1. The number of rotatable bonds is 7. The Morgan fingerprint density at radius 1 is 1.14 bits per heavy atom. The average Bonchev–Trinajstić information content (AvgIpc) is 3.05. The van der Waals surface area contributed by atoms with Gasteiger partial charge in [0.15, 0.2) is 16.4 Å². The first-order valence-corrected chi connectivity index (χ1v) is 11.5. The molecule has 3 rings (SSSR count). The van der Waals surface area contributed by atoms with E-state index in [1.807, 2.05) is 24.3 Å². The molecule has 0 saturated carbocycles. The van der Waals surface area contributed by atoms with Gasteiger partial charge in [-0.25, -0.2) is 12.8 Å². The van der Waals surface area contributed by atoms with E-state index >= 15 is 0 Å². The lowest BCUT2D eigenvalue weighted by molar-refractivity contribution is -0.136. The normalized spacial score (nSPS) is 18.0. The first-order chi connectivity index (χ1) is 13.7. The number of carbonyl (C=O) groups is 1. The summed E-state index contributed by atoms with van der Waals surface area (Å²) in [5, 5.41) is 0. The van der Waals surface area contributed by atoms with E-state index in [1.54, 1.807) is 4.90 Å². The molecule has 1 amide bonds. The molecule has 5 nitrogen and oxygen atoms in total. The number of carbonyl (C=O) groups excluding carboxylic acids is 1. The number of halogens is 1. The van der Waals surface area contributed by atoms with Crippen LogP contribution < -0.4 is 4.74 Å². The van der Waals surface area contributed by atoms with Crippen LogP contribution in [0, 0.1) is 5.82 Å². The van der Waals surface area contributed by atoms with E-state index in [0.29, 0.717) is 24.6 Å². The third-order valence-electron chi connectivity index (χ3n) is 5.14. The van der Waals surface area contributed by atoms with Crippen molar-refractivity contribution in [3.05, 3.63) is 65.5 Å². The molecule has 0 unspecified atom stereocenters. The van der Waals surface area contributed by atoms with E-state index in [4.69, 9.17) is 4.74 Å². The zero-order chi connectivity index (χ0) is 21.0. The van der Waals surface area contributed by atoms with E-state index < -0.39 is 9.84 Å². The second-order valence-corrected chi connectivity index (χ2v) is 9.95. The van der Waals surface area contributed by atoms with Crippen molar-refractivity contribution in [2.24, 2.45) is 0 Å². The van der Waals surface area contributed by atoms with Crippen molar-refractivity contribution in [3.63, 3.8) is 0 Å². The van der Waals surface area contributed by atoms with Crippen molar-refractivity contribution in [2.75, 3.05) is 18.1 Å². The Labute approximate surface area is 171 Å². The maximum atomic E-state index is 13.0. The Morgan fingerprint density at radius 2 is 1.79 bits per heavy atom. The van der Waals surface area contributed by atoms with Gasteiger partial charge < -0.3 is 9.64 Å². The fraction of sp³-hybridized carbons (Fsp3) is 0.409. The molecular formula is C22H26FNO4S. The van der Waals surface area contributed by atoms with Gasteiger partial charge in [0.2, 0.25) is 0 Å². The summed E-state index contributed by atoms with van der Waals surface area (Å²) in [6.07, 6.45) is 0.425. The van der Waals surface area contributed by atoms with Crippen LogP contribution in [-0.4, -0.2) is 43.4 Å². The topological polar surface area (TPSA) is 63.7 Å². The van der Waals surface area contributed by atoms with Gasteiger partial charge in [-0.1, -0.05) is 38.1 Å². The molecule has 1 atom stereocenters. The van der Waals surface area contributed by atoms with Crippen LogP contribution in [0.25, 0.3) is 0 Å². The quantitative estimate of drug-likeness (QED) is 0.689. The highest BCUT2D eigenvalue weighted by atomic mass is 32.2. The summed E-state index contributed by atoms with van der Waals surface area (Å²) in [7, 11) is -3.13. The van der Waals surface area contributed by atoms with Crippen LogP contribution in [0.2, 0.25) is 0 Å². The largest absolute Gasteiger partial charge is 0.484 e. The van der Waals surface area contributed by atoms with E-state index in [-0.39, 0.29) is 35.9 Å². The lowest BCUT2D eigenvalue weighted by atomic mass is 10.0. The van der Waals surface area contributed by atoms with Crippen LogP contribution in [0.1, 0.15) is 37.3 Å². The zero-order valence-corrected chi connectivity index (χ0v) is 17.5. The fourth-order valence-corrected chi connectivity index (χ4v) is 5.14. The second-order valence-electron chi connectivity index (χ2n) is 7.72. The first kappa shape index (κ1) is 21.3. The highest BCUT2D eigenvalue weighted by molar-refractivity contribution is 7.91. The number of nitrogens with zero attached hydrogens (tertiary/aromatic N) is 1. The smallest absolute Gasteiger partial charge is 0.261 e. The van der Waals surface area contributed by atoms with Gasteiger partial charge in [-0.2, -0.15) is 0 Å². The molecule has 1 aliphatic rings. The minimum atomic E-state index is -3.13. The van der Waals surface area contributed by atoms with Crippen molar-refractivity contribution in [2.45, 2.75) is 38.8 Å². The Bertz CT molecular complexity index is 940. The van der Waals surface area contributed by atoms with Crippen molar-refractivity contribution in [1.29, 1.82) is 0 Å². The van der Waals surface area contributed by atoms with Gasteiger partial charge in [-0.3, -0.25) is 4.79 Å². The van der Waals surface area contributed by atoms with Gasteiger partial charge in [-0.15, -0.1) is 0 Å². The Balaban J connectivity index is 1.73. The molecule has 1 aliphatic heterocycles. The zero-order valence-electron chi connectivity index (χ0n) is 16.7. The maximum absolute atomic E-state index is 13.0. The van der Waals surface area contributed by atoms with Crippen LogP contribution in [0.15, 0.2) is 48.5 Å². The van der Waals surface area contributed by atoms with Crippen molar-refractivity contribution >= 4 is 15.7 Å². The van der Waals surface area contributed by atoms with Crippen LogP contribution >= 0.6 is 0 Å². The third-order valence-corrected chi connectivity index (χ3v) is 6.90. The molecular weight excluding hydrogens is 393 g/mol. The molecule has 0 N–H and O–H groups in total. The lowest BCUT2D eigenvalue weighted by Gasteiger charge is -2.28. The fourth-order valence-electron chi connectivity index (χ4n) is 3.41. The van der Waals surface area contributed by atoms with Crippen molar-refractivity contribution in [3.8, 4) is 5.75 Å². The molecule has 2 aromatic rings. The minimum Gasteiger partial charge on any atom is -0.484 e. The molecule has 0 bridgehead atoms. The van der Waals surface area contributed by atoms with Crippen molar-refractivity contribution < 1.29 is 22.3 Å². The molecule has 1 heterocycles. The first-order valence-electron chi connectivity index (χ1n) is 9.70. The molecule has 0 aliphatic carbocycles. The second kappa shape index (κ2) is 8.95. The predicted molar refractivity (Wildman–Crippen MR) is 110 cm³/mol. The van der Waals surface area contributed by atoms with Crippen LogP contribution in [-0.2, 0) is 21.2 Å². The maximum Gasteiger partial charge on any atom is 0.261 e. The minimum absolute atomic E-state index is 0.0284. The number of ether oxygens (including phenoxy) is 1. The number of hydrogen-bond donors (Lipinski definition) is 0. The van der Waals surface area contributed by atoms with Crippen LogP contribution in [0.4, 0.5) is 4.39 Å². The Morgan fingerprint density at radius 3 is 2.34 bits per heavy atom. The molecule has 0 radical (unpaired) electrons. The number of amides is 1. The van der Waals surface area contributed by atoms with Crippen molar-refractivity contribution in [1.82, 2.24) is 4.90 Å². The summed E-state index contributed by atoms with van der Waals surface area (Å²) < 4.78 is 42.4. The molecule has 156 valence electrons. The average molecular weight is 420 g/mol. The molecule has 1 saturated heterocycles. The number of hydrogen-bond acceptors (Lipinski definition) is 4. The molecule has 1 fully saturated rings. The van der Waals surface area contributed by atoms with Crippen LogP contribution in [0.3, 0.4) is 0 Å². The predicted octanol–water partition coefficient (Wildman–Crippen LogP) is 3.54. The summed E-state index contributed by atoms with van der Waals surface area (Å²) >= 11 is 0. The summed E-state index contributed by atoms with van der Waals surface area (Å²) in [4.78, 5) is 14.5. The molecule has 29 heavy (non-hydrogen) atoms. The van der Waals surface area contributed by atoms with E-state index in [1.165, 1.54) is 29.8 Å². The van der Waals surface area contributed by atoms with Gasteiger partial charge in [-0.05, 0) is 47.7 Å². The SMILES string of the molecule is CC(C)c1ccc(CN(C(=O)COc2ccc(F)cc2)[C@@H]2CCS(=O)(=O)C2)cc1. The van der Waals surface area contributed by atoms with Gasteiger partial charge in [0.1, 0.15) is 11.6 Å². The summed E-state index contributed by atoms with van der Waals surface area (Å²) in [6.45, 7) is 4.32. The Kier molecular flexibility index (Phi) is 6.57. The monoisotopic (exact) mass is 419 g/mol. The molecule has 0 aromatic heterocycles. The highest BCUT2D eigenvalue weighted by Gasteiger charge is 2.34. The lowest BCUT2D eigenvalue weighted by Crippen LogP contribution is -2.43. The number of benzene rings is 2. The van der Waals surface area contributed by atoms with E-state index in [9.17, 15) is 17.6 Å². The summed E-state index contributed by atoms with van der Waals surface area (Å²) in [5.41, 5.74) is 2.14.